The fourth-order valence-corrected chi connectivity index (χ4v) is 4.60. The van der Waals surface area contributed by atoms with Crippen molar-refractivity contribution in [2.24, 2.45) is 0 Å². The SMILES string of the molecule is O=CN(CCN1CCOCC1)c1ccc(NC(=C2C(=O)Nc3ccc([N+](=O)[O-])cc32)c2ccccc2)cc1. The van der Waals surface area contributed by atoms with Crippen molar-refractivity contribution in [3.8, 4) is 0 Å². The number of ether oxygens (including phenoxy) is 1. The molecule has 3 aromatic carbocycles. The lowest BCUT2D eigenvalue weighted by atomic mass is 9.99. The standard InChI is InChI=1S/C28H27N5O5/c34-19-32(13-12-31-14-16-38-17-15-31)22-8-6-21(7-9-22)29-27(20-4-2-1-3-5-20)26-24-18-23(33(36)37)10-11-25(24)30-28(26)35/h1-11,18-19,29H,12-17H2,(H,30,35). The molecule has 2 heterocycles. The van der Waals surface area contributed by atoms with Crippen LogP contribution in [0.2, 0.25) is 0 Å². The Kier molecular flexibility index (Phi) is 7.43. The summed E-state index contributed by atoms with van der Waals surface area (Å²) in [6, 6.07) is 21.0. The van der Waals surface area contributed by atoms with E-state index in [0.29, 0.717) is 48.0 Å². The molecule has 5 rings (SSSR count). The molecule has 2 N–H and O–H groups in total. The molecule has 2 amide bonds. The number of carbonyl (C=O) groups is 2. The summed E-state index contributed by atoms with van der Waals surface area (Å²) in [6.07, 6.45) is 0.826. The maximum Gasteiger partial charge on any atom is 0.270 e. The Morgan fingerprint density at radius 2 is 1.82 bits per heavy atom. The first kappa shape index (κ1) is 25.1. The number of hydrogen-bond donors (Lipinski definition) is 2. The molecule has 38 heavy (non-hydrogen) atoms. The topological polar surface area (TPSA) is 117 Å². The Morgan fingerprint density at radius 3 is 2.50 bits per heavy atom. The predicted octanol–water partition coefficient (Wildman–Crippen LogP) is 3.82. The van der Waals surface area contributed by atoms with E-state index >= 15 is 0 Å². The third kappa shape index (κ3) is 5.41. The van der Waals surface area contributed by atoms with Gasteiger partial charge in [-0.05, 0) is 35.9 Å². The van der Waals surface area contributed by atoms with E-state index in [4.69, 9.17) is 4.74 Å². The summed E-state index contributed by atoms with van der Waals surface area (Å²) in [5, 5.41) is 17.6. The fraction of sp³-hybridized carbons (Fsp3) is 0.214. The monoisotopic (exact) mass is 513 g/mol. The van der Waals surface area contributed by atoms with Crippen LogP contribution in [0.25, 0.3) is 11.3 Å². The second-order valence-electron chi connectivity index (χ2n) is 8.98. The van der Waals surface area contributed by atoms with Crippen molar-refractivity contribution < 1.29 is 19.2 Å². The van der Waals surface area contributed by atoms with Gasteiger partial charge >= 0.3 is 0 Å². The third-order valence-corrected chi connectivity index (χ3v) is 6.63. The maximum atomic E-state index is 13.1. The van der Waals surface area contributed by atoms with E-state index in [1.54, 1.807) is 11.0 Å². The molecule has 194 valence electrons. The van der Waals surface area contributed by atoms with Crippen LogP contribution in [0.5, 0.6) is 0 Å². The summed E-state index contributed by atoms with van der Waals surface area (Å²) in [5.74, 6) is -0.348. The lowest BCUT2D eigenvalue weighted by Crippen LogP contribution is -2.41. The Labute approximate surface area is 219 Å². The van der Waals surface area contributed by atoms with Crippen LogP contribution in [0.3, 0.4) is 0 Å². The molecular formula is C28H27N5O5. The fourth-order valence-electron chi connectivity index (χ4n) is 4.60. The van der Waals surface area contributed by atoms with Crippen LogP contribution in [-0.4, -0.2) is 61.5 Å². The van der Waals surface area contributed by atoms with Crippen molar-refractivity contribution >= 4 is 46.3 Å². The van der Waals surface area contributed by atoms with Gasteiger partial charge in [-0.2, -0.15) is 0 Å². The van der Waals surface area contributed by atoms with E-state index in [2.05, 4.69) is 15.5 Å². The Balaban J connectivity index is 1.43. The van der Waals surface area contributed by atoms with Gasteiger partial charge < -0.3 is 20.3 Å². The van der Waals surface area contributed by atoms with Crippen LogP contribution in [-0.2, 0) is 14.3 Å². The summed E-state index contributed by atoms with van der Waals surface area (Å²) in [7, 11) is 0. The number of benzene rings is 3. The zero-order valence-electron chi connectivity index (χ0n) is 20.6. The molecule has 0 spiro atoms. The van der Waals surface area contributed by atoms with Crippen LogP contribution in [0.15, 0.2) is 72.8 Å². The van der Waals surface area contributed by atoms with Crippen LogP contribution in [0.4, 0.5) is 22.7 Å². The van der Waals surface area contributed by atoms with Crippen LogP contribution in [0, 0.1) is 10.1 Å². The summed E-state index contributed by atoms with van der Waals surface area (Å²) >= 11 is 0. The van der Waals surface area contributed by atoms with Crippen LogP contribution in [0.1, 0.15) is 11.1 Å². The molecule has 10 nitrogen and oxygen atoms in total. The lowest BCUT2D eigenvalue weighted by Gasteiger charge is -2.28. The molecule has 0 radical (unpaired) electrons. The van der Waals surface area contributed by atoms with Crippen molar-refractivity contribution in [1.29, 1.82) is 0 Å². The zero-order valence-corrected chi connectivity index (χ0v) is 20.6. The summed E-state index contributed by atoms with van der Waals surface area (Å²) in [4.78, 5) is 39.7. The third-order valence-electron chi connectivity index (χ3n) is 6.63. The number of anilines is 3. The highest BCUT2D eigenvalue weighted by molar-refractivity contribution is 6.37. The van der Waals surface area contributed by atoms with Crippen molar-refractivity contribution in [3.63, 3.8) is 0 Å². The molecule has 0 bridgehead atoms. The van der Waals surface area contributed by atoms with Gasteiger partial charge in [0.15, 0.2) is 0 Å². The van der Waals surface area contributed by atoms with Gasteiger partial charge in [0.1, 0.15) is 0 Å². The highest BCUT2D eigenvalue weighted by Gasteiger charge is 2.30. The van der Waals surface area contributed by atoms with E-state index in [0.717, 1.165) is 37.3 Å². The molecule has 0 atom stereocenters. The van der Waals surface area contributed by atoms with Crippen LogP contribution >= 0.6 is 0 Å². The largest absolute Gasteiger partial charge is 0.379 e. The van der Waals surface area contributed by atoms with Crippen molar-refractivity contribution in [3.05, 3.63) is 94.0 Å². The molecule has 0 saturated carbocycles. The second-order valence-corrected chi connectivity index (χ2v) is 8.98. The first-order valence-corrected chi connectivity index (χ1v) is 12.3. The van der Waals surface area contributed by atoms with Gasteiger partial charge in [-0.1, -0.05) is 30.3 Å². The van der Waals surface area contributed by atoms with E-state index in [1.807, 2.05) is 54.6 Å². The molecule has 10 heteroatoms. The molecule has 0 unspecified atom stereocenters. The molecule has 2 aliphatic rings. The Bertz CT molecular complexity index is 1370. The zero-order chi connectivity index (χ0) is 26.5. The number of nitro benzene ring substituents is 1. The number of nitro groups is 1. The van der Waals surface area contributed by atoms with Crippen molar-refractivity contribution in [2.45, 2.75) is 0 Å². The summed E-state index contributed by atoms with van der Waals surface area (Å²) in [6.45, 7) is 4.43. The number of amides is 2. The molecule has 2 aliphatic heterocycles. The second kappa shape index (κ2) is 11.2. The van der Waals surface area contributed by atoms with Gasteiger partial charge in [0.2, 0.25) is 6.41 Å². The number of fused-ring (bicyclic) bond motifs is 1. The number of morpholine rings is 1. The van der Waals surface area contributed by atoms with Gasteiger partial charge in [0.05, 0.1) is 29.4 Å². The average molecular weight is 514 g/mol. The average Bonchev–Trinajstić information content (AvgIpc) is 3.28. The summed E-state index contributed by atoms with van der Waals surface area (Å²) < 4.78 is 5.38. The van der Waals surface area contributed by atoms with Gasteiger partial charge in [-0.3, -0.25) is 24.6 Å². The number of rotatable bonds is 9. The van der Waals surface area contributed by atoms with Crippen molar-refractivity contribution in [2.75, 3.05) is 54.9 Å². The minimum atomic E-state index is -0.479. The van der Waals surface area contributed by atoms with Gasteiger partial charge in [0.25, 0.3) is 11.6 Å². The molecular weight excluding hydrogens is 486 g/mol. The quantitative estimate of drug-likeness (QED) is 0.193. The van der Waals surface area contributed by atoms with E-state index in [-0.39, 0.29) is 11.6 Å². The molecule has 3 aromatic rings. The normalized spacial score (nSPS) is 16.4. The predicted molar refractivity (Wildman–Crippen MR) is 146 cm³/mol. The molecule has 1 saturated heterocycles. The maximum absolute atomic E-state index is 13.1. The van der Waals surface area contributed by atoms with Gasteiger partial charge in [-0.15, -0.1) is 0 Å². The molecule has 0 aromatic heterocycles. The number of hydrogen-bond acceptors (Lipinski definition) is 7. The van der Waals surface area contributed by atoms with Crippen LogP contribution < -0.4 is 15.5 Å². The Hall–Kier alpha value is -4.54. The molecule has 1 fully saturated rings. The smallest absolute Gasteiger partial charge is 0.270 e. The first-order chi connectivity index (χ1) is 18.5. The van der Waals surface area contributed by atoms with E-state index in [1.165, 1.54) is 12.1 Å². The van der Waals surface area contributed by atoms with Gasteiger partial charge in [-0.25, -0.2) is 0 Å². The highest BCUT2D eigenvalue weighted by Crippen LogP contribution is 2.39. The molecule has 0 aliphatic carbocycles. The van der Waals surface area contributed by atoms with E-state index < -0.39 is 4.92 Å². The van der Waals surface area contributed by atoms with E-state index in [9.17, 15) is 19.7 Å². The number of non-ortho nitro benzene ring substituents is 1. The van der Waals surface area contributed by atoms with Gasteiger partial charge in [0, 0.05) is 60.9 Å². The lowest BCUT2D eigenvalue weighted by molar-refractivity contribution is -0.384. The number of nitrogens with one attached hydrogen (secondary N) is 2. The highest BCUT2D eigenvalue weighted by atomic mass is 16.6. The minimum Gasteiger partial charge on any atom is -0.379 e. The first-order valence-electron chi connectivity index (χ1n) is 12.3. The Morgan fingerprint density at radius 1 is 1.08 bits per heavy atom. The van der Waals surface area contributed by atoms with Crippen molar-refractivity contribution in [1.82, 2.24) is 4.90 Å². The number of nitrogens with zero attached hydrogens (tertiary/aromatic N) is 3. The number of carbonyl (C=O) groups excluding carboxylic acids is 2. The summed E-state index contributed by atoms with van der Waals surface area (Å²) in [5.41, 5.74) is 3.93. The minimum absolute atomic E-state index is 0.0967.